The third-order valence-electron chi connectivity index (χ3n) is 2.35. The summed E-state index contributed by atoms with van der Waals surface area (Å²) >= 11 is 0. The van der Waals surface area contributed by atoms with Crippen LogP contribution in [0.3, 0.4) is 0 Å². The Morgan fingerprint density at radius 2 is 2.13 bits per heavy atom. The predicted molar refractivity (Wildman–Crippen MR) is 46.8 cm³/mol. The van der Waals surface area contributed by atoms with Crippen molar-refractivity contribution in [3.05, 3.63) is 29.3 Å². The number of rotatable bonds is 2. The fourth-order valence-electron chi connectivity index (χ4n) is 1.65. The van der Waals surface area contributed by atoms with Gasteiger partial charge in [-0.1, -0.05) is 0 Å². The van der Waals surface area contributed by atoms with Gasteiger partial charge in [0.2, 0.25) is 0 Å². The minimum Gasteiger partial charge on any atom is -0.493 e. The van der Waals surface area contributed by atoms with Crippen molar-refractivity contribution in [1.29, 1.82) is 0 Å². The smallest absolute Gasteiger partial charge is 0.304 e. The summed E-state index contributed by atoms with van der Waals surface area (Å²) in [5.74, 6) is -3.10. The number of carbonyl (C=O) groups is 1. The van der Waals surface area contributed by atoms with Gasteiger partial charge in [0.25, 0.3) is 0 Å². The number of ether oxygens (including phenoxy) is 1. The number of aliphatic carboxylic acids is 1. The van der Waals surface area contributed by atoms with Crippen LogP contribution in [-0.2, 0) is 4.79 Å². The van der Waals surface area contributed by atoms with E-state index in [-0.39, 0.29) is 18.8 Å². The van der Waals surface area contributed by atoms with E-state index in [0.29, 0.717) is 5.56 Å². The van der Waals surface area contributed by atoms with E-state index in [0.717, 1.165) is 12.1 Å². The van der Waals surface area contributed by atoms with Crippen LogP contribution in [0.2, 0.25) is 0 Å². The van der Waals surface area contributed by atoms with E-state index in [1.165, 1.54) is 0 Å². The lowest BCUT2D eigenvalue weighted by molar-refractivity contribution is -0.137. The van der Waals surface area contributed by atoms with Crippen LogP contribution in [0.5, 0.6) is 5.75 Å². The Kier molecular flexibility index (Phi) is 2.30. The zero-order valence-electron chi connectivity index (χ0n) is 7.67. The van der Waals surface area contributed by atoms with Gasteiger partial charge in [-0.3, -0.25) is 4.79 Å². The molecule has 80 valence electrons. The Morgan fingerprint density at radius 3 is 2.80 bits per heavy atom. The van der Waals surface area contributed by atoms with Crippen LogP contribution in [-0.4, -0.2) is 17.7 Å². The molecular formula is C10H8F2O3. The standard InChI is InChI=1S/C10H8F2O3/c11-7-2-6-5(1-10(13)14)4-15-9(6)3-8(7)12/h2-3,5H,1,4H2,(H,13,14). The van der Waals surface area contributed by atoms with E-state index in [2.05, 4.69) is 0 Å². The molecule has 0 aliphatic carbocycles. The molecule has 1 aliphatic heterocycles. The maximum atomic E-state index is 12.9. The predicted octanol–water partition coefficient (Wildman–Crippen LogP) is 1.92. The molecule has 0 saturated heterocycles. The molecule has 1 N–H and O–H groups in total. The van der Waals surface area contributed by atoms with Crippen LogP contribution < -0.4 is 4.74 Å². The summed E-state index contributed by atoms with van der Waals surface area (Å²) < 4.78 is 30.8. The van der Waals surface area contributed by atoms with Crippen molar-refractivity contribution in [1.82, 2.24) is 0 Å². The molecule has 3 nitrogen and oxygen atoms in total. The highest BCUT2D eigenvalue weighted by molar-refractivity contribution is 5.68. The molecule has 0 amide bonds. The Hall–Kier alpha value is -1.65. The minimum atomic E-state index is -0.985. The van der Waals surface area contributed by atoms with Gasteiger partial charge in [-0.2, -0.15) is 0 Å². The summed E-state index contributed by atoms with van der Waals surface area (Å²) in [5.41, 5.74) is 0.427. The van der Waals surface area contributed by atoms with Gasteiger partial charge < -0.3 is 9.84 Å². The molecule has 0 aromatic heterocycles. The van der Waals surface area contributed by atoms with Gasteiger partial charge in [-0.05, 0) is 6.07 Å². The Morgan fingerprint density at radius 1 is 1.47 bits per heavy atom. The van der Waals surface area contributed by atoms with E-state index in [1.807, 2.05) is 0 Å². The lowest BCUT2D eigenvalue weighted by Gasteiger charge is -2.04. The molecule has 5 heteroatoms. The summed E-state index contributed by atoms with van der Waals surface area (Å²) in [6.07, 6.45) is -0.141. The topological polar surface area (TPSA) is 46.5 Å². The molecular weight excluding hydrogens is 206 g/mol. The fourth-order valence-corrected chi connectivity index (χ4v) is 1.65. The monoisotopic (exact) mass is 214 g/mol. The molecule has 0 bridgehead atoms. The maximum absolute atomic E-state index is 12.9. The number of hydrogen-bond acceptors (Lipinski definition) is 2. The van der Waals surface area contributed by atoms with Crippen molar-refractivity contribution in [3.8, 4) is 5.75 Å². The largest absolute Gasteiger partial charge is 0.493 e. The second kappa shape index (κ2) is 3.49. The molecule has 0 saturated carbocycles. The molecule has 1 aromatic rings. The van der Waals surface area contributed by atoms with Crippen molar-refractivity contribution >= 4 is 5.97 Å². The summed E-state index contributed by atoms with van der Waals surface area (Å²) in [5, 5.41) is 8.60. The number of fused-ring (bicyclic) bond motifs is 1. The van der Waals surface area contributed by atoms with Crippen LogP contribution in [0.1, 0.15) is 17.9 Å². The van der Waals surface area contributed by atoms with Gasteiger partial charge in [-0.25, -0.2) is 8.78 Å². The Balaban J connectivity index is 2.34. The van der Waals surface area contributed by atoms with Crippen LogP contribution in [0.4, 0.5) is 8.78 Å². The van der Waals surface area contributed by atoms with Crippen LogP contribution in [0.15, 0.2) is 12.1 Å². The molecule has 15 heavy (non-hydrogen) atoms. The first kappa shape index (κ1) is 9.89. The normalized spacial score (nSPS) is 18.4. The summed E-state index contributed by atoms with van der Waals surface area (Å²) in [6.45, 7) is 0.157. The first-order chi connectivity index (χ1) is 7.08. The van der Waals surface area contributed by atoms with Gasteiger partial charge in [0.05, 0.1) is 13.0 Å². The summed E-state index contributed by atoms with van der Waals surface area (Å²) in [4.78, 5) is 10.5. The molecule has 2 rings (SSSR count). The fraction of sp³-hybridized carbons (Fsp3) is 0.300. The second-order valence-electron chi connectivity index (χ2n) is 3.41. The van der Waals surface area contributed by atoms with Gasteiger partial charge >= 0.3 is 5.97 Å². The van der Waals surface area contributed by atoms with Crippen molar-refractivity contribution in [2.24, 2.45) is 0 Å². The summed E-state index contributed by atoms with van der Waals surface area (Å²) in [6, 6.07) is 1.96. The van der Waals surface area contributed by atoms with Crippen LogP contribution >= 0.6 is 0 Å². The zero-order valence-corrected chi connectivity index (χ0v) is 7.67. The van der Waals surface area contributed by atoms with Gasteiger partial charge in [0.15, 0.2) is 11.6 Å². The quantitative estimate of drug-likeness (QED) is 0.818. The molecule has 0 radical (unpaired) electrons. The molecule has 1 unspecified atom stereocenters. The van der Waals surface area contributed by atoms with Crippen LogP contribution in [0, 0.1) is 11.6 Å². The zero-order chi connectivity index (χ0) is 11.0. The molecule has 0 fully saturated rings. The summed E-state index contributed by atoms with van der Waals surface area (Å²) in [7, 11) is 0. The number of halogens is 2. The Bertz CT molecular complexity index is 417. The van der Waals surface area contributed by atoms with E-state index >= 15 is 0 Å². The van der Waals surface area contributed by atoms with E-state index < -0.39 is 23.5 Å². The van der Waals surface area contributed by atoms with E-state index in [4.69, 9.17) is 9.84 Å². The van der Waals surface area contributed by atoms with Gasteiger partial charge in [0.1, 0.15) is 5.75 Å². The molecule has 1 heterocycles. The first-order valence-corrected chi connectivity index (χ1v) is 4.41. The lowest BCUT2D eigenvalue weighted by Crippen LogP contribution is -2.07. The average molecular weight is 214 g/mol. The van der Waals surface area contributed by atoms with E-state index in [9.17, 15) is 13.6 Å². The van der Waals surface area contributed by atoms with Crippen molar-refractivity contribution in [2.75, 3.05) is 6.61 Å². The Labute approximate surface area is 84.3 Å². The second-order valence-corrected chi connectivity index (χ2v) is 3.41. The maximum Gasteiger partial charge on any atom is 0.304 e. The highest BCUT2D eigenvalue weighted by Gasteiger charge is 2.28. The number of carboxylic acids is 1. The third kappa shape index (κ3) is 1.77. The lowest BCUT2D eigenvalue weighted by atomic mass is 9.98. The number of hydrogen-bond donors (Lipinski definition) is 1. The third-order valence-corrected chi connectivity index (χ3v) is 2.35. The molecule has 1 aliphatic rings. The minimum absolute atomic E-state index is 0.141. The van der Waals surface area contributed by atoms with Crippen LogP contribution in [0.25, 0.3) is 0 Å². The van der Waals surface area contributed by atoms with Gasteiger partial charge in [0, 0.05) is 17.5 Å². The highest BCUT2D eigenvalue weighted by atomic mass is 19.2. The molecule has 0 spiro atoms. The number of benzene rings is 1. The SMILES string of the molecule is O=C(O)CC1COc2cc(F)c(F)cc21. The molecule has 1 atom stereocenters. The highest BCUT2D eigenvalue weighted by Crippen LogP contribution is 2.37. The van der Waals surface area contributed by atoms with Crippen molar-refractivity contribution in [3.63, 3.8) is 0 Å². The average Bonchev–Trinajstić information content (AvgIpc) is 2.49. The number of carboxylic acid groups (broad SMARTS) is 1. The first-order valence-electron chi connectivity index (χ1n) is 4.41. The van der Waals surface area contributed by atoms with Crippen molar-refractivity contribution < 1.29 is 23.4 Å². The molecule has 1 aromatic carbocycles. The van der Waals surface area contributed by atoms with Gasteiger partial charge in [-0.15, -0.1) is 0 Å². The van der Waals surface area contributed by atoms with E-state index in [1.54, 1.807) is 0 Å². The van der Waals surface area contributed by atoms with Crippen molar-refractivity contribution in [2.45, 2.75) is 12.3 Å².